The Balaban J connectivity index is 2.20. The number of benzene rings is 2. The molecule has 0 saturated carbocycles. The second kappa shape index (κ2) is 6.64. The summed E-state index contributed by atoms with van der Waals surface area (Å²) in [6, 6.07) is 7.91. The Hall–Kier alpha value is -2.64. The number of hydrogen-bond acceptors (Lipinski definition) is 3. The van der Waals surface area contributed by atoms with E-state index in [1.54, 1.807) is 18.2 Å². The van der Waals surface area contributed by atoms with Crippen molar-refractivity contribution in [2.24, 2.45) is 0 Å². The number of carbonyl (C=O) groups excluding carboxylic acids is 1. The zero-order valence-electron chi connectivity index (χ0n) is 11.6. The highest BCUT2D eigenvalue weighted by Gasteiger charge is 2.30. The molecule has 0 radical (unpaired) electrons. The average Bonchev–Trinajstić information content (AvgIpc) is 2.55. The standard InChI is InChI=1S/C15H9F5O3/c1-7(22-8-5-3-2-4-6-8)15(21)23-14-12(19)10(17)9(16)11(18)13(14)20/h2-7H,1H3/t7-/m0/s1. The van der Waals surface area contributed by atoms with E-state index in [1.165, 1.54) is 19.1 Å². The third kappa shape index (κ3) is 3.41. The first-order chi connectivity index (χ1) is 10.8. The summed E-state index contributed by atoms with van der Waals surface area (Å²) in [5.74, 6) is -14.0. The van der Waals surface area contributed by atoms with Gasteiger partial charge in [-0.2, -0.15) is 8.78 Å². The number of rotatable bonds is 4. The van der Waals surface area contributed by atoms with Crippen LogP contribution >= 0.6 is 0 Å². The van der Waals surface area contributed by atoms with Crippen LogP contribution in [0.4, 0.5) is 22.0 Å². The number of esters is 1. The predicted octanol–water partition coefficient (Wildman–Crippen LogP) is 3.76. The normalized spacial score (nSPS) is 11.9. The van der Waals surface area contributed by atoms with Gasteiger partial charge in [0.2, 0.25) is 34.8 Å². The molecular formula is C15H9F5O3. The molecule has 0 bridgehead atoms. The van der Waals surface area contributed by atoms with Crippen molar-refractivity contribution < 1.29 is 36.2 Å². The van der Waals surface area contributed by atoms with E-state index >= 15 is 0 Å². The first-order valence-electron chi connectivity index (χ1n) is 6.27. The summed E-state index contributed by atoms with van der Waals surface area (Å²) in [5.41, 5.74) is 0. The van der Waals surface area contributed by atoms with Gasteiger partial charge < -0.3 is 9.47 Å². The minimum atomic E-state index is -2.34. The summed E-state index contributed by atoms with van der Waals surface area (Å²) in [6.45, 7) is 1.20. The van der Waals surface area contributed by atoms with E-state index in [0.717, 1.165) is 0 Å². The first kappa shape index (κ1) is 16.7. The van der Waals surface area contributed by atoms with E-state index in [0.29, 0.717) is 0 Å². The van der Waals surface area contributed by atoms with Crippen molar-refractivity contribution in [1.29, 1.82) is 0 Å². The van der Waals surface area contributed by atoms with Crippen molar-refractivity contribution in [3.63, 3.8) is 0 Å². The van der Waals surface area contributed by atoms with E-state index in [-0.39, 0.29) is 5.75 Å². The molecule has 23 heavy (non-hydrogen) atoms. The van der Waals surface area contributed by atoms with Crippen molar-refractivity contribution in [2.75, 3.05) is 0 Å². The van der Waals surface area contributed by atoms with Crippen LogP contribution in [0.3, 0.4) is 0 Å². The van der Waals surface area contributed by atoms with Gasteiger partial charge >= 0.3 is 5.97 Å². The topological polar surface area (TPSA) is 35.5 Å². The Bertz CT molecular complexity index is 705. The third-order valence-electron chi connectivity index (χ3n) is 2.76. The summed E-state index contributed by atoms with van der Waals surface area (Å²) < 4.78 is 75.1. The lowest BCUT2D eigenvalue weighted by Crippen LogP contribution is -2.29. The summed E-state index contributed by atoms with van der Waals surface area (Å²) in [6.07, 6.45) is -1.34. The van der Waals surface area contributed by atoms with Crippen molar-refractivity contribution >= 4 is 5.97 Å². The molecule has 2 aromatic carbocycles. The molecule has 2 aromatic rings. The minimum absolute atomic E-state index is 0.259. The highest BCUT2D eigenvalue weighted by molar-refractivity contribution is 5.77. The number of ether oxygens (including phenoxy) is 2. The molecule has 0 unspecified atom stereocenters. The molecule has 0 saturated heterocycles. The maximum Gasteiger partial charge on any atom is 0.352 e. The van der Waals surface area contributed by atoms with Gasteiger partial charge in [-0.3, -0.25) is 0 Å². The van der Waals surface area contributed by atoms with Gasteiger partial charge in [0.1, 0.15) is 5.75 Å². The zero-order chi connectivity index (χ0) is 17.1. The molecule has 122 valence electrons. The van der Waals surface area contributed by atoms with E-state index in [9.17, 15) is 26.7 Å². The molecule has 0 N–H and O–H groups in total. The number of para-hydroxylation sites is 1. The fourth-order valence-corrected chi connectivity index (χ4v) is 1.61. The van der Waals surface area contributed by atoms with Crippen LogP contribution in [-0.4, -0.2) is 12.1 Å². The van der Waals surface area contributed by atoms with Gasteiger partial charge in [0.05, 0.1) is 0 Å². The molecule has 0 aromatic heterocycles. The molecule has 3 nitrogen and oxygen atoms in total. The smallest absolute Gasteiger partial charge is 0.352 e. The molecular weight excluding hydrogens is 323 g/mol. The molecule has 8 heteroatoms. The van der Waals surface area contributed by atoms with Gasteiger partial charge in [0.25, 0.3) is 0 Å². The summed E-state index contributed by atoms with van der Waals surface area (Å²) >= 11 is 0. The molecule has 0 spiro atoms. The van der Waals surface area contributed by atoms with E-state index in [2.05, 4.69) is 4.74 Å². The van der Waals surface area contributed by atoms with Gasteiger partial charge in [-0.25, -0.2) is 18.0 Å². The fourth-order valence-electron chi connectivity index (χ4n) is 1.61. The summed E-state index contributed by atoms with van der Waals surface area (Å²) in [4.78, 5) is 11.7. The molecule has 1 atom stereocenters. The van der Waals surface area contributed by atoms with Crippen LogP contribution in [0.15, 0.2) is 30.3 Å². The average molecular weight is 332 g/mol. The van der Waals surface area contributed by atoms with Gasteiger partial charge in [-0.05, 0) is 19.1 Å². The van der Waals surface area contributed by atoms with Crippen LogP contribution in [0.1, 0.15) is 6.92 Å². The second-order valence-corrected chi connectivity index (χ2v) is 4.39. The Labute approximate surface area is 127 Å². The Kier molecular flexibility index (Phi) is 4.83. The van der Waals surface area contributed by atoms with Crippen LogP contribution < -0.4 is 9.47 Å². The largest absolute Gasteiger partial charge is 0.479 e. The Morgan fingerprint density at radius 1 is 0.870 bits per heavy atom. The van der Waals surface area contributed by atoms with Crippen molar-refractivity contribution in [3.05, 3.63) is 59.4 Å². The quantitative estimate of drug-likeness (QED) is 0.281. The summed E-state index contributed by atoms with van der Waals surface area (Å²) in [5, 5.41) is 0. The van der Waals surface area contributed by atoms with Crippen LogP contribution in [0, 0.1) is 29.1 Å². The van der Waals surface area contributed by atoms with E-state index in [4.69, 9.17) is 4.74 Å². The van der Waals surface area contributed by atoms with Gasteiger partial charge in [0.15, 0.2) is 6.10 Å². The number of carbonyl (C=O) groups is 1. The highest BCUT2D eigenvalue weighted by atomic mass is 19.2. The molecule has 2 rings (SSSR count). The van der Waals surface area contributed by atoms with Crippen LogP contribution in [0.25, 0.3) is 0 Å². The van der Waals surface area contributed by atoms with E-state index < -0.39 is 46.9 Å². The number of hydrogen-bond donors (Lipinski definition) is 0. The fraction of sp³-hybridized carbons (Fsp3) is 0.133. The lowest BCUT2D eigenvalue weighted by Gasteiger charge is -2.14. The molecule has 0 fully saturated rings. The molecule has 0 amide bonds. The molecule has 0 heterocycles. The predicted molar refractivity (Wildman–Crippen MR) is 68.4 cm³/mol. The lowest BCUT2D eigenvalue weighted by atomic mass is 10.2. The zero-order valence-corrected chi connectivity index (χ0v) is 11.6. The molecule has 0 aliphatic rings. The lowest BCUT2D eigenvalue weighted by molar-refractivity contribution is -0.141. The third-order valence-corrected chi connectivity index (χ3v) is 2.76. The first-order valence-corrected chi connectivity index (χ1v) is 6.27. The van der Waals surface area contributed by atoms with Crippen molar-refractivity contribution in [1.82, 2.24) is 0 Å². The van der Waals surface area contributed by atoms with Gasteiger partial charge in [0, 0.05) is 0 Å². The monoisotopic (exact) mass is 332 g/mol. The maximum atomic E-state index is 13.4. The van der Waals surface area contributed by atoms with E-state index in [1.807, 2.05) is 0 Å². The van der Waals surface area contributed by atoms with Crippen LogP contribution in [0.2, 0.25) is 0 Å². The Morgan fingerprint density at radius 2 is 1.35 bits per heavy atom. The van der Waals surface area contributed by atoms with Crippen molar-refractivity contribution in [3.8, 4) is 11.5 Å². The highest BCUT2D eigenvalue weighted by Crippen LogP contribution is 2.29. The van der Waals surface area contributed by atoms with Crippen molar-refractivity contribution in [2.45, 2.75) is 13.0 Å². The number of halogens is 5. The molecule has 0 aliphatic heterocycles. The molecule has 0 aliphatic carbocycles. The SMILES string of the molecule is C[C@H](Oc1ccccc1)C(=O)Oc1c(F)c(F)c(F)c(F)c1F. The summed E-state index contributed by atoms with van der Waals surface area (Å²) in [7, 11) is 0. The minimum Gasteiger partial charge on any atom is -0.479 e. The van der Waals surface area contributed by atoms with Gasteiger partial charge in [-0.1, -0.05) is 18.2 Å². The van der Waals surface area contributed by atoms with Crippen LogP contribution in [0.5, 0.6) is 11.5 Å². The second-order valence-electron chi connectivity index (χ2n) is 4.39. The van der Waals surface area contributed by atoms with Gasteiger partial charge in [-0.15, -0.1) is 0 Å². The Morgan fingerprint density at radius 3 is 1.87 bits per heavy atom. The van der Waals surface area contributed by atoms with Crippen LogP contribution in [-0.2, 0) is 4.79 Å². The maximum absolute atomic E-state index is 13.4.